The molecule has 1 aliphatic heterocycles. The third-order valence-corrected chi connectivity index (χ3v) is 4.14. The monoisotopic (exact) mass is 276 g/mol. The Bertz CT molecular complexity index is 525. The fourth-order valence-electron chi connectivity index (χ4n) is 2.77. The lowest BCUT2D eigenvalue weighted by Gasteiger charge is -2.39. The molecule has 0 bridgehead atoms. The van der Waals surface area contributed by atoms with Crippen molar-refractivity contribution in [2.75, 3.05) is 13.1 Å². The number of benzene rings is 1. The predicted octanol–water partition coefficient (Wildman–Crippen LogP) is 1.63. The minimum atomic E-state index is -0.627. The summed E-state index contributed by atoms with van der Waals surface area (Å²) in [4.78, 5) is 26.2. The summed E-state index contributed by atoms with van der Waals surface area (Å²) in [5, 5.41) is 2.78. The highest BCUT2D eigenvalue weighted by atomic mass is 19.1. The van der Waals surface area contributed by atoms with Gasteiger partial charge in [0.15, 0.2) is 0 Å². The molecule has 2 aliphatic rings. The van der Waals surface area contributed by atoms with E-state index in [1.54, 1.807) is 17.0 Å². The topological polar surface area (TPSA) is 49.4 Å². The molecule has 1 saturated heterocycles. The Kier molecular flexibility index (Phi) is 3.42. The molecule has 1 heterocycles. The molecule has 2 fully saturated rings. The number of nitrogens with one attached hydrogen (secondary N) is 1. The van der Waals surface area contributed by atoms with E-state index in [4.69, 9.17) is 0 Å². The molecule has 1 atom stereocenters. The Morgan fingerprint density at radius 3 is 2.55 bits per heavy atom. The number of nitrogens with zero attached hydrogens (tertiary/aromatic N) is 1. The highest BCUT2D eigenvalue weighted by molar-refractivity contribution is 5.90. The van der Waals surface area contributed by atoms with E-state index in [-0.39, 0.29) is 23.5 Å². The zero-order valence-corrected chi connectivity index (χ0v) is 11.1. The van der Waals surface area contributed by atoms with Gasteiger partial charge in [0.2, 0.25) is 11.8 Å². The third kappa shape index (κ3) is 2.28. The Morgan fingerprint density at radius 2 is 1.95 bits per heavy atom. The quantitative estimate of drug-likeness (QED) is 0.892. The van der Waals surface area contributed by atoms with Crippen LogP contribution in [0.4, 0.5) is 4.39 Å². The fourth-order valence-corrected chi connectivity index (χ4v) is 2.77. The van der Waals surface area contributed by atoms with E-state index in [2.05, 4.69) is 5.32 Å². The molecule has 0 radical (unpaired) electrons. The van der Waals surface area contributed by atoms with Crippen LogP contribution < -0.4 is 5.32 Å². The lowest BCUT2D eigenvalue weighted by atomic mass is 9.83. The molecule has 1 aliphatic carbocycles. The zero-order valence-electron chi connectivity index (χ0n) is 11.1. The number of carbonyl (C=O) groups is 2. The van der Waals surface area contributed by atoms with Crippen molar-refractivity contribution in [3.05, 3.63) is 35.6 Å². The van der Waals surface area contributed by atoms with Gasteiger partial charge < -0.3 is 10.2 Å². The molecular weight excluding hydrogens is 259 g/mol. The lowest BCUT2D eigenvalue weighted by molar-refractivity contribution is -0.148. The van der Waals surface area contributed by atoms with Gasteiger partial charge in [-0.1, -0.05) is 18.6 Å². The Labute approximate surface area is 117 Å². The van der Waals surface area contributed by atoms with Gasteiger partial charge in [0.25, 0.3) is 0 Å². The van der Waals surface area contributed by atoms with Crippen LogP contribution in [-0.4, -0.2) is 29.8 Å². The van der Waals surface area contributed by atoms with E-state index < -0.39 is 6.04 Å². The minimum absolute atomic E-state index is 0.0559. The van der Waals surface area contributed by atoms with Crippen molar-refractivity contribution in [3.63, 3.8) is 0 Å². The molecular formula is C15H17FN2O2. The second-order valence-corrected chi connectivity index (χ2v) is 5.40. The van der Waals surface area contributed by atoms with Crippen LogP contribution in [0.5, 0.6) is 0 Å². The fraction of sp³-hybridized carbons (Fsp3) is 0.467. The van der Waals surface area contributed by atoms with Gasteiger partial charge in [0.1, 0.15) is 11.9 Å². The summed E-state index contributed by atoms with van der Waals surface area (Å²) in [6, 6.07) is 5.17. The Morgan fingerprint density at radius 1 is 1.25 bits per heavy atom. The smallest absolute Gasteiger partial charge is 0.247 e. The van der Waals surface area contributed by atoms with Crippen molar-refractivity contribution in [1.82, 2.24) is 10.2 Å². The van der Waals surface area contributed by atoms with Gasteiger partial charge in [-0.15, -0.1) is 0 Å². The molecule has 4 nitrogen and oxygen atoms in total. The number of hydrogen-bond acceptors (Lipinski definition) is 2. The summed E-state index contributed by atoms with van der Waals surface area (Å²) in [5.41, 5.74) is 0.663. The zero-order chi connectivity index (χ0) is 14.1. The van der Waals surface area contributed by atoms with E-state index in [0.29, 0.717) is 18.7 Å². The van der Waals surface area contributed by atoms with E-state index >= 15 is 0 Å². The minimum Gasteiger partial charge on any atom is -0.352 e. The SMILES string of the molecule is O=C1NCCN(C(=O)C2CCC2)C1c1ccc(F)cc1. The van der Waals surface area contributed by atoms with Crippen LogP contribution in [0.1, 0.15) is 30.9 Å². The lowest BCUT2D eigenvalue weighted by Crippen LogP contribution is -2.54. The van der Waals surface area contributed by atoms with Gasteiger partial charge in [0.05, 0.1) is 0 Å². The van der Waals surface area contributed by atoms with Crippen molar-refractivity contribution in [1.29, 1.82) is 0 Å². The maximum absolute atomic E-state index is 13.0. The first kappa shape index (κ1) is 13.1. The van der Waals surface area contributed by atoms with Crippen LogP contribution in [-0.2, 0) is 9.59 Å². The molecule has 0 spiro atoms. The summed E-state index contributed by atoms with van der Waals surface area (Å²) in [6.45, 7) is 0.998. The molecule has 1 saturated carbocycles. The average Bonchev–Trinajstić information content (AvgIpc) is 2.38. The standard InChI is InChI=1S/C15H17FN2O2/c16-12-6-4-10(5-7-12)13-14(19)17-8-9-18(13)15(20)11-2-1-3-11/h4-7,11,13H,1-3,8-9H2,(H,17,19). The molecule has 1 aromatic carbocycles. The highest BCUT2D eigenvalue weighted by Gasteiger charge is 2.38. The van der Waals surface area contributed by atoms with Crippen LogP contribution in [0.3, 0.4) is 0 Å². The number of carbonyl (C=O) groups excluding carboxylic acids is 2. The number of halogens is 1. The molecule has 1 unspecified atom stereocenters. The summed E-state index contributed by atoms with van der Waals surface area (Å²) >= 11 is 0. The summed E-state index contributed by atoms with van der Waals surface area (Å²) in [5.74, 6) is -0.415. The molecule has 5 heteroatoms. The van der Waals surface area contributed by atoms with E-state index in [1.165, 1.54) is 12.1 Å². The van der Waals surface area contributed by atoms with Gasteiger partial charge in [-0.05, 0) is 30.5 Å². The van der Waals surface area contributed by atoms with Crippen LogP contribution in [0, 0.1) is 11.7 Å². The second-order valence-electron chi connectivity index (χ2n) is 5.40. The molecule has 3 rings (SSSR count). The van der Waals surface area contributed by atoms with E-state index in [1.807, 2.05) is 0 Å². The van der Waals surface area contributed by atoms with Crippen molar-refractivity contribution in [2.24, 2.45) is 5.92 Å². The van der Waals surface area contributed by atoms with Crippen LogP contribution in [0.2, 0.25) is 0 Å². The van der Waals surface area contributed by atoms with Gasteiger partial charge >= 0.3 is 0 Å². The summed E-state index contributed by atoms with van der Waals surface area (Å²) in [6.07, 6.45) is 2.90. The first-order valence-electron chi connectivity index (χ1n) is 7.00. The maximum Gasteiger partial charge on any atom is 0.247 e. The molecule has 1 aromatic rings. The Balaban J connectivity index is 1.88. The third-order valence-electron chi connectivity index (χ3n) is 4.14. The van der Waals surface area contributed by atoms with Crippen LogP contribution in [0.15, 0.2) is 24.3 Å². The Hall–Kier alpha value is -1.91. The second kappa shape index (κ2) is 5.23. The van der Waals surface area contributed by atoms with Gasteiger partial charge in [0, 0.05) is 19.0 Å². The molecule has 0 aromatic heterocycles. The summed E-state index contributed by atoms with van der Waals surface area (Å²) < 4.78 is 13.0. The van der Waals surface area contributed by atoms with Gasteiger partial charge in [-0.2, -0.15) is 0 Å². The number of piperazine rings is 1. The van der Waals surface area contributed by atoms with Crippen LogP contribution in [0.25, 0.3) is 0 Å². The predicted molar refractivity (Wildman–Crippen MR) is 71.2 cm³/mol. The van der Waals surface area contributed by atoms with Crippen molar-refractivity contribution >= 4 is 11.8 Å². The first-order chi connectivity index (χ1) is 9.66. The largest absolute Gasteiger partial charge is 0.352 e. The number of hydrogen-bond donors (Lipinski definition) is 1. The number of amides is 2. The summed E-state index contributed by atoms with van der Waals surface area (Å²) in [7, 11) is 0. The molecule has 20 heavy (non-hydrogen) atoms. The van der Waals surface area contributed by atoms with Crippen LogP contribution >= 0.6 is 0 Å². The molecule has 2 amide bonds. The highest BCUT2D eigenvalue weighted by Crippen LogP contribution is 2.32. The average molecular weight is 276 g/mol. The first-order valence-corrected chi connectivity index (χ1v) is 7.00. The van der Waals surface area contributed by atoms with Gasteiger partial charge in [-0.3, -0.25) is 9.59 Å². The van der Waals surface area contributed by atoms with E-state index in [0.717, 1.165) is 19.3 Å². The molecule has 1 N–H and O–H groups in total. The normalized spacial score (nSPS) is 23.1. The number of rotatable bonds is 2. The van der Waals surface area contributed by atoms with Crippen molar-refractivity contribution in [3.8, 4) is 0 Å². The van der Waals surface area contributed by atoms with Gasteiger partial charge in [-0.25, -0.2) is 4.39 Å². The molecule has 106 valence electrons. The van der Waals surface area contributed by atoms with Crippen molar-refractivity contribution < 1.29 is 14.0 Å². The van der Waals surface area contributed by atoms with E-state index in [9.17, 15) is 14.0 Å². The van der Waals surface area contributed by atoms with Crippen molar-refractivity contribution in [2.45, 2.75) is 25.3 Å². The maximum atomic E-state index is 13.0.